The van der Waals surface area contributed by atoms with Crippen LogP contribution in [-0.4, -0.2) is 41.7 Å². The second kappa shape index (κ2) is 9.63. The van der Waals surface area contributed by atoms with E-state index < -0.39 is 5.97 Å². The summed E-state index contributed by atoms with van der Waals surface area (Å²) in [5.41, 5.74) is 0.0287. The van der Waals surface area contributed by atoms with Crippen molar-refractivity contribution in [1.29, 1.82) is 0 Å². The number of rotatable bonds is 10. The number of benzene rings is 1. The van der Waals surface area contributed by atoms with Gasteiger partial charge in [-0.15, -0.1) is 11.3 Å². The molecule has 0 unspecified atom stereocenters. The molecule has 0 aliphatic carbocycles. The normalized spacial score (nSPS) is 10.3. The van der Waals surface area contributed by atoms with Crippen LogP contribution in [0.3, 0.4) is 0 Å². The van der Waals surface area contributed by atoms with Gasteiger partial charge in [0.25, 0.3) is 5.91 Å². The van der Waals surface area contributed by atoms with Gasteiger partial charge in [0.05, 0.1) is 11.6 Å². The van der Waals surface area contributed by atoms with Gasteiger partial charge in [0.1, 0.15) is 11.5 Å². The van der Waals surface area contributed by atoms with E-state index in [0.29, 0.717) is 30.3 Å². The van der Waals surface area contributed by atoms with E-state index in [1.807, 2.05) is 6.92 Å². The number of carboxylic acid groups (broad SMARTS) is 1. The van der Waals surface area contributed by atoms with Crippen LogP contribution in [0.4, 0.5) is 0 Å². The highest BCUT2D eigenvalue weighted by Crippen LogP contribution is 2.17. The Hall–Kier alpha value is -2.61. The summed E-state index contributed by atoms with van der Waals surface area (Å²) in [5, 5.41) is 13.7. The summed E-state index contributed by atoms with van der Waals surface area (Å²) in [6, 6.07) is 7.10. The Morgan fingerprint density at radius 3 is 2.48 bits per heavy atom. The summed E-state index contributed by atoms with van der Waals surface area (Å²) in [7, 11) is 0. The third-order valence-corrected chi connectivity index (χ3v) is 4.01. The molecule has 0 saturated carbocycles. The molecule has 2 aromatic rings. The molecule has 0 fully saturated rings. The minimum absolute atomic E-state index is 0.0287. The molecular formula is C17H20N2O5S. The van der Waals surface area contributed by atoms with Crippen molar-refractivity contribution < 1.29 is 24.2 Å². The number of nitrogens with zero attached hydrogens (tertiary/aromatic N) is 1. The molecule has 25 heavy (non-hydrogen) atoms. The Labute approximate surface area is 149 Å². The van der Waals surface area contributed by atoms with E-state index in [1.54, 1.807) is 24.3 Å². The van der Waals surface area contributed by atoms with Gasteiger partial charge >= 0.3 is 5.97 Å². The maximum absolute atomic E-state index is 11.8. The number of amides is 1. The van der Waals surface area contributed by atoms with Crippen LogP contribution >= 0.6 is 11.3 Å². The predicted molar refractivity (Wildman–Crippen MR) is 93.5 cm³/mol. The van der Waals surface area contributed by atoms with Gasteiger partial charge in [-0.3, -0.25) is 4.79 Å². The number of ether oxygens (including phenoxy) is 2. The molecule has 0 bridgehead atoms. The molecule has 1 aromatic carbocycles. The maximum Gasteiger partial charge on any atom is 0.355 e. The lowest BCUT2D eigenvalue weighted by molar-refractivity contribution is -0.123. The number of carboxylic acids is 1. The van der Waals surface area contributed by atoms with Crippen molar-refractivity contribution >= 4 is 23.2 Å². The number of aromatic carboxylic acids is 1. The first kappa shape index (κ1) is 18.7. The topological polar surface area (TPSA) is 97.8 Å². The Balaban J connectivity index is 1.67. The zero-order valence-electron chi connectivity index (χ0n) is 13.9. The largest absolute Gasteiger partial charge is 0.494 e. The predicted octanol–water partition coefficient (Wildman–Crippen LogP) is 2.37. The van der Waals surface area contributed by atoms with Gasteiger partial charge in [0.2, 0.25) is 0 Å². The van der Waals surface area contributed by atoms with Crippen LogP contribution in [0.1, 0.15) is 28.8 Å². The van der Waals surface area contributed by atoms with Crippen LogP contribution in [-0.2, 0) is 11.2 Å². The average Bonchev–Trinajstić information content (AvgIpc) is 3.08. The molecule has 7 nitrogen and oxygen atoms in total. The second-order valence-corrected chi connectivity index (χ2v) is 6.08. The number of nitrogens with one attached hydrogen (secondary N) is 1. The number of carbonyl (C=O) groups is 2. The SMILES string of the molecule is CCCOc1ccc(OCC(=O)NCCc2nc(C(=O)O)cs2)cc1. The zero-order chi connectivity index (χ0) is 18.1. The Morgan fingerprint density at radius 1 is 1.20 bits per heavy atom. The summed E-state index contributed by atoms with van der Waals surface area (Å²) in [5.74, 6) is 0.0558. The first-order chi connectivity index (χ1) is 12.1. The summed E-state index contributed by atoms with van der Waals surface area (Å²) in [6.07, 6.45) is 1.42. The maximum atomic E-state index is 11.8. The second-order valence-electron chi connectivity index (χ2n) is 5.14. The molecule has 0 aliphatic heterocycles. The van der Waals surface area contributed by atoms with Crippen LogP contribution in [0, 0.1) is 0 Å². The van der Waals surface area contributed by atoms with Gasteiger partial charge in [-0.05, 0) is 30.7 Å². The number of carbonyl (C=O) groups excluding carboxylic acids is 1. The molecule has 2 N–H and O–H groups in total. The van der Waals surface area contributed by atoms with E-state index in [1.165, 1.54) is 16.7 Å². The molecule has 0 saturated heterocycles. The highest BCUT2D eigenvalue weighted by Gasteiger charge is 2.09. The summed E-state index contributed by atoms with van der Waals surface area (Å²) < 4.78 is 10.9. The number of hydrogen-bond acceptors (Lipinski definition) is 6. The van der Waals surface area contributed by atoms with Crippen molar-refractivity contribution in [2.24, 2.45) is 0 Å². The quantitative estimate of drug-likeness (QED) is 0.672. The fourth-order valence-electron chi connectivity index (χ4n) is 1.88. The molecule has 0 radical (unpaired) electrons. The van der Waals surface area contributed by atoms with Gasteiger partial charge in [-0.1, -0.05) is 6.92 Å². The van der Waals surface area contributed by atoms with Crippen molar-refractivity contribution in [1.82, 2.24) is 10.3 Å². The van der Waals surface area contributed by atoms with Crippen LogP contribution in [0.5, 0.6) is 11.5 Å². The lowest BCUT2D eigenvalue weighted by Gasteiger charge is -2.08. The first-order valence-electron chi connectivity index (χ1n) is 7.88. The summed E-state index contributed by atoms with van der Waals surface area (Å²) >= 11 is 1.26. The van der Waals surface area contributed by atoms with E-state index in [9.17, 15) is 9.59 Å². The van der Waals surface area contributed by atoms with E-state index in [2.05, 4.69) is 10.3 Å². The lowest BCUT2D eigenvalue weighted by atomic mass is 10.3. The molecule has 2 rings (SSSR count). The molecule has 1 amide bonds. The first-order valence-corrected chi connectivity index (χ1v) is 8.76. The van der Waals surface area contributed by atoms with Crippen LogP contribution in [0.15, 0.2) is 29.6 Å². The third kappa shape index (κ3) is 6.42. The minimum atomic E-state index is -1.05. The molecule has 0 aliphatic rings. The molecular weight excluding hydrogens is 344 g/mol. The number of hydrogen-bond donors (Lipinski definition) is 2. The highest BCUT2D eigenvalue weighted by molar-refractivity contribution is 7.09. The molecule has 134 valence electrons. The summed E-state index contributed by atoms with van der Waals surface area (Å²) in [4.78, 5) is 26.4. The standard InChI is InChI=1S/C17H20N2O5S/c1-2-9-23-12-3-5-13(6-4-12)24-10-15(20)18-8-7-16-19-14(11-25-16)17(21)22/h3-6,11H,2,7-10H2,1H3,(H,18,20)(H,21,22). The molecule has 1 aromatic heterocycles. The monoisotopic (exact) mass is 364 g/mol. The third-order valence-electron chi connectivity index (χ3n) is 3.10. The van der Waals surface area contributed by atoms with Crippen molar-refractivity contribution in [2.45, 2.75) is 19.8 Å². The minimum Gasteiger partial charge on any atom is -0.494 e. The molecule has 0 spiro atoms. The highest BCUT2D eigenvalue weighted by atomic mass is 32.1. The number of aromatic nitrogens is 1. The van der Waals surface area contributed by atoms with Crippen LogP contribution in [0.2, 0.25) is 0 Å². The van der Waals surface area contributed by atoms with E-state index in [0.717, 1.165) is 12.2 Å². The molecule has 0 atom stereocenters. The summed E-state index contributed by atoms with van der Waals surface area (Å²) in [6.45, 7) is 2.98. The van der Waals surface area contributed by atoms with Gasteiger partial charge in [0.15, 0.2) is 12.3 Å². The van der Waals surface area contributed by atoms with E-state index in [-0.39, 0.29) is 18.2 Å². The van der Waals surface area contributed by atoms with Gasteiger partial charge < -0.3 is 19.9 Å². The van der Waals surface area contributed by atoms with Crippen molar-refractivity contribution in [3.63, 3.8) is 0 Å². The van der Waals surface area contributed by atoms with Crippen LogP contribution in [0.25, 0.3) is 0 Å². The van der Waals surface area contributed by atoms with Crippen molar-refractivity contribution in [3.05, 3.63) is 40.3 Å². The molecule has 8 heteroatoms. The number of thiazole rings is 1. The van der Waals surface area contributed by atoms with E-state index >= 15 is 0 Å². The smallest absolute Gasteiger partial charge is 0.355 e. The van der Waals surface area contributed by atoms with Gasteiger partial charge in [-0.25, -0.2) is 9.78 Å². The fourth-order valence-corrected chi connectivity index (χ4v) is 2.66. The molecule has 1 heterocycles. The Bertz CT molecular complexity index is 699. The fraction of sp³-hybridized carbons (Fsp3) is 0.353. The van der Waals surface area contributed by atoms with Gasteiger partial charge in [0, 0.05) is 18.3 Å². The average molecular weight is 364 g/mol. The van der Waals surface area contributed by atoms with Crippen LogP contribution < -0.4 is 14.8 Å². The van der Waals surface area contributed by atoms with Crippen molar-refractivity contribution in [3.8, 4) is 11.5 Å². The lowest BCUT2D eigenvalue weighted by Crippen LogP contribution is -2.30. The van der Waals surface area contributed by atoms with E-state index in [4.69, 9.17) is 14.6 Å². The Kier molecular flexibility index (Phi) is 7.21. The Morgan fingerprint density at radius 2 is 1.88 bits per heavy atom. The van der Waals surface area contributed by atoms with Gasteiger partial charge in [-0.2, -0.15) is 0 Å². The zero-order valence-corrected chi connectivity index (χ0v) is 14.7. The van der Waals surface area contributed by atoms with Crippen molar-refractivity contribution in [2.75, 3.05) is 19.8 Å².